The van der Waals surface area contributed by atoms with E-state index in [2.05, 4.69) is 24.6 Å². The molecule has 1 aromatic carbocycles. The van der Waals surface area contributed by atoms with Crippen LogP contribution in [-0.4, -0.2) is 69.4 Å². The molecule has 3 aromatic rings. The SMILES string of the molecule is NS(=O)(=O)OCC1CC(Nc2ncncc2C(=O)c2ccn(CC(=O)c3ccccc3)n2)C(=O)C1O. The van der Waals surface area contributed by atoms with Gasteiger partial charge in [0.1, 0.15) is 30.5 Å². The lowest BCUT2D eigenvalue weighted by atomic mass is 10.1. The second-order valence-electron chi connectivity index (χ2n) is 8.12. The molecule has 0 bridgehead atoms. The zero-order valence-corrected chi connectivity index (χ0v) is 19.5. The maximum absolute atomic E-state index is 13.1. The number of Topliss-reactive ketones (excluding diaryl/α,β-unsaturated/α-hetero) is 2. The van der Waals surface area contributed by atoms with Crippen LogP contribution >= 0.6 is 0 Å². The van der Waals surface area contributed by atoms with Gasteiger partial charge in [-0.2, -0.15) is 13.5 Å². The molecule has 14 heteroatoms. The summed E-state index contributed by atoms with van der Waals surface area (Å²) in [6.45, 7) is -0.539. The summed E-state index contributed by atoms with van der Waals surface area (Å²) in [5.74, 6) is -2.14. The minimum Gasteiger partial charge on any atom is -0.385 e. The molecule has 1 aliphatic rings. The summed E-state index contributed by atoms with van der Waals surface area (Å²) < 4.78 is 27.9. The van der Waals surface area contributed by atoms with E-state index in [-0.39, 0.29) is 35.8 Å². The topological polar surface area (TPSA) is 196 Å². The van der Waals surface area contributed by atoms with Crippen molar-refractivity contribution in [3.63, 3.8) is 0 Å². The average Bonchev–Trinajstić information content (AvgIpc) is 3.43. The first-order valence-electron chi connectivity index (χ1n) is 10.7. The predicted octanol–water partition coefficient (Wildman–Crippen LogP) is -0.262. The molecule has 4 rings (SSSR count). The molecule has 2 heterocycles. The zero-order valence-electron chi connectivity index (χ0n) is 18.7. The third-order valence-corrected chi connectivity index (χ3v) is 6.07. The second-order valence-corrected chi connectivity index (χ2v) is 9.34. The van der Waals surface area contributed by atoms with Crippen LogP contribution in [0.2, 0.25) is 0 Å². The Morgan fingerprint density at radius 1 is 1.22 bits per heavy atom. The molecular formula is C22H22N6O7S. The number of aliphatic hydroxyl groups is 1. The molecule has 4 N–H and O–H groups in total. The Hall–Kier alpha value is -3.85. The van der Waals surface area contributed by atoms with Gasteiger partial charge in [0.15, 0.2) is 11.6 Å². The van der Waals surface area contributed by atoms with Gasteiger partial charge in [-0.05, 0) is 12.5 Å². The Labute approximate surface area is 205 Å². The van der Waals surface area contributed by atoms with Crippen molar-refractivity contribution in [1.29, 1.82) is 0 Å². The van der Waals surface area contributed by atoms with Crippen molar-refractivity contribution in [3.05, 3.63) is 71.9 Å². The minimum absolute atomic E-state index is 0.0172. The number of nitrogens with zero attached hydrogens (tertiary/aromatic N) is 4. The van der Waals surface area contributed by atoms with Gasteiger partial charge in [-0.15, -0.1) is 0 Å². The summed E-state index contributed by atoms with van der Waals surface area (Å²) in [5, 5.41) is 22.0. The van der Waals surface area contributed by atoms with Crippen molar-refractivity contribution < 1.29 is 32.1 Å². The maximum Gasteiger partial charge on any atom is 0.333 e. The monoisotopic (exact) mass is 514 g/mol. The number of ketones is 3. The van der Waals surface area contributed by atoms with Crippen LogP contribution in [0.3, 0.4) is 0 Å². The van der Waals surface area contributed by atoms with Crippen LogP contribution in [0.15, 0.2) is 55.1 Å². The fourth-order valence-electron chi connectivity index (χ4n) is 3.80. The molecule has 0 spiro atoms. The average molecular weight is 515 g/mol. The fourth-order valence-corrected chi connectivity index (χ4v) is 4.17. The van der Waals surface area contributed by atoms with Crippen LogP contribution in [0.25, 0.3) is 0 Å². The molecule has 1 aliphatic carbocycles. The molecule has 3 atom stereocenters. The molecule has 13 nitrogen and oxygen atoms in total. The minimum atomic E-state index is -4.24. The molecule has 188 valence electrons. The van der Waals surface area contributed by atoms with Crippen molar-refractivity contribution in [3.8, 4) is 0 Å². The highest BCUT2D eigenvalue weighted by molar-refractivity contribution is 7.84. The van der Waals surface area contributed by atoms with Crippen LogP contribution < -0.4 is 10.5 Å². The number of anilines is 1. The molecule has 0 saturated heterocycles. The van der Waals surface area contributed by atoms with Crippen LogP contribution in [-0.2, 0) is 25.8 Å². The van der Waals surface area contributed by atoms with E-state index in [0.717, 1.165) is 0 Å². The number of aromatic nitrogens is 4. The molecule has 0 aliphatic heterocycles. The van der Waals surface area contributed by atoms with Crippen molar-refractivity contribution in [2.75, 3.05) is 11.9 Å². The van der Waals surface area contributed by atoms with Gasteiger partial charge in [0.25, 0.3) is 0 Å². The number of benzene rings is 1. The predicted molar refractivity (Wildman–Crippen MR) is 124 cm³/mol. The first-order valence-corrected chi connectivity index (χ1v) is 12.2. The van der Waals surface area contributed by atoms with Crippen LogP contribution in [0.1, 0.15) is 32.8 Å². The largest absolute Gasteiger partial charge is 0.385 e. The van der Waals surface area contributed by atoms with E-state index in [1.165, 1.54) is 29.5 Å². The molecule has 3 unspecified atom stereocenters. The lowest BCUT2D eigenvalue weighted by molar-refractivity contribution is -0.126. The number of aliphatic hydroxyl groups excluding tert-OH is 1. The van der Waals surface area contributed by atoms with Crippen molar-refractivity contribution >= 4 is 33.5 Å². The fraction of sp³-hybridized carbons (Fsp3) is 0.273. The number of nitrogens with two attached hydrogens (primary N) is 1. The Kier molecular flexibility index (Phi) is 7.30. The van der Waals surface area contributed by atoms with Gasteiger partial charge in [0, 0.05) is 23.9 Å². The van der Waals surface area contributed by atoms with Gasteiger partial charge < -0.3 is 10.4 Å². The zero-order chi connectivity index (χ0) is 25.9. The van der Waals surface area contributed by atoms with E-state index in [1.807, 2.05) is 0 Å². The Morgan fingerprint density at radius 2 is 1.97 bits per heavy atom. The smallest absolute Gasteiger partial charge is 0.333 e. The maximum atomic E-state index is 13.1. The number of hydrogen-bond acceptors (Lipinski definition) is 11. The van der Waals surface area contributed by atoms with E-state index in [9.17, 15) is 27.9 Å². The van der Waals surface area contributed by atoms with Gasteiger partial charge in [-0.25, -0.2) is 15.1 Å². The van der Waals surface area contributed by atoms with E-state index in [4.69, 9.17) is 5.14 Å². The standard InChI is InChI=1S/C22H22N6O7S/c23-36(33,34)35-11-14-8-17(21(32)19(14)30)26-22-15(9-24-12-25-22)20(31)16-6-7-28(27-16)10-18(29)13-4-2-1-3-5-13/h1-7,9,12,14,17,19,30H,8,10-11H2,(H2,23,33,34)(H,24,25,26). The van der Waals surface area contributed by atoms with Crippen LogP contribution in [0.5, 0.6) is 0 Å². The molecular weight excluding hydrogens is 492 g/mol. The molecule has 36 heavy (non-hydrogen) atoms. The van der Waals surface area contributed by atoms with Gasteiger partial charge in [-0.3, -0.25) is 23.2 Å². The van der Waals surface area contributed by atoms with E-state index >= 15 is 0 Å². The van der Waals surface area contributed by atoms with Crippen LogP contribution in [0.4, 0.5) is 5.82 Å². The van der Waals surface area contributed by atoms with Gasteiger partial charge in [0.2, 0.25) is 5.78 Å². The first-order chi connectivity index (χ1) is 17.1. The summed E-state index contributed by atoms with van der Waals surface area (Å²) in [6, 6.07) is 9.15. The summed E-state index contributed by atoms with van der Waals surface area (Å²) >= 11 is 0. The molecule has 2 aromatic heterocycles. The van der Waals surface area contributed by atoms with E-state index in [1.54, 1.807) is 30.3 Å². The summed E-state index contributed by atoms with van der Waals surface area (Å²) in [4.78, 5) is 45.9. The number of hydrogen-bond donors (Lipinski definition) is 3. The van der Waals surface area contributed by atoms with E-state index in [0.29, 0.717) is 5.56 Å². The molecule has 0 radical (unpaired) electrons. The third-order valence-electron chi connectivity index (χ3n) is 5.61. The van der Waals surface area contributed by atoms with Crippen molar-refractivity contribution in [1.82, 2.24) is 19.7 Å². The Bertz CT molecular complexity index is 1390. The quantitative estimate of drug-likeness (QED) is 0.301. The summed E-state index contributed by atoms with van der Waals surface area (Å²) in [5.41, 5.74) is 0.564. The summed E-state index contributed by atoms with van der Waals surface area (Å²) in [7, 11) is -4.24. The van der Waals surface area contributed by atoms with Gasteiger partial charge in [-0.1, -0.05) is 30.3 Å². The number of nitrogens with one attached hydrogen (secondary N) is 1. The third kappa shape index (κ3) is 5.85. The lowest BCUT2D eigenvalue weighted by Crippen LogP contribution is -2.31. The number of carbonyl (C=O) groups is 3. The van der Waals surface area contributed by atoms with Gasteiger partial charge in [0.05, 0.1) is 18.2 Å². The molecule has 1 fully saturated rings. The number of rotatable bonds is 10. The van der Waals surface area contributed by atoms with Crippen LogP contribution in [0, 0.1) is 5.92 Å². The highest BCUT2D eigenvalue weighted by Crippen LogP contribution is 2.27. The second kappa shape index (κ2) is 10.4. The normalized spacial score (nSPS) is 19.8. The van der Waals surface area contributed by atoms with Gasteiger partial charge >= 0.3 is 10.3 Å². The molecule has 0 amide bonds. The summed E-state index contributed by atoms with van der Waals surface area (Å²) in [6.07, 6.45) is 2.46. The highest BCUT2D eigenvalue weighted by atomic mass is 32.2. The van der Waals surface area contributed by atoms with Crippen molar-refractivity contribution in [2.45, 2.75) is 25.1 Å². The molecule has 1 saturated carbocycles. The first kappa shape index (κ1) is 25.2. The van der Waals surface area contributed by atoms with E-state index < -0.39 is 46.5 Å². The highest BCUT2D eigenvalue weighted by Gasteiger charge is 2.42. The Morgan fingerprint density at radius 3 is 2.69 bits per heavy atom. The lowest BCUT2D eigenvalue weighted by Gasteiger charge is -2.14. The Balaban J connectivity index is 1.46. The number of carbonyl (C=O) groups excluding carboxylic acids is 3. The van der Waals surface area contributed by atoms with Crippen molar-refractivity contribution in [2.24, 2.45) is 11.1 Å².